The van der Waals surface area contributed by atoms with E-state index in [0.29, 0.717) is 27.1 Å². The Morgan fingerprint density at radius 2 is 1.74 bits per heavy atom. The number of para-hydroxylation sites is 1. The van der Waals surface area contributed by atoms with Crippen molar-refractivity contribution in [3.63, 3.8) is 0 Å². The van der Waals surface area contributed by atoms with Crippen LogP contribution in [0.3, 0.4) is 0 Å². The molecule has 0 saturated heterocycles. The van der Waals surface area contributed by atoms with E-state index in [0.717, 1.165) is 0 Å². The first-order valence-corrected chi connectivity index (χ1v) is 7.28. The first-order valence-electron chi connectivity index (χ1n) is 6.52. The Morgan fingerprint density at radius 3 is 2.39 bits per heavy atom. The Balaban J connectivity index is 1.83. The molecule has 0 atom stereocenters. The van der Waals surface area contributed by atoms with Gasteiger partial charge in [-0.25, -0.2) is 4.39 Å². The van der Waals surface area contributed by atoms with Crippen LogP contribution in [-0.4, -0.2) is 11.1 Å². The van der Waals surface area contributed by atoms with E-state index in [2.05, 4.69) is 10.5 Å². The smallest absolute Gasteiger partial charge is 0.277 e. The lowest BCUT2D eigenvalue weighted by Gasteiger charge is -2.06. The summed E-state index contributed by atoms with van der Waals surface area (Å²) in [5, 5.41) is 6.91. The summed E-state index contributed by atoms with van der Waals surface area (Å²) in [6.07, 6.45) is 0. The normalized spacial score (nSPS) is 10.6. The van der Waals surface area contributed by atoms with Crippen LogP contribution < -0.4 is 5.32 Å². The number of hydrogen-bond acceptors (Lipinski definition) is 3. The zero-order valence-corrected chi connectivity index (χ0v) is 13.0. The molecular formula is C16H9Cl2FN2O2. The lowest BCUT2D eigenvalue weighted by molar-refractivity contribution is 0.101. The molecule has 116 valence electrons. The zero-order chi connectivity index (χ0) is 16.4. The summed E-state index contributed by atoms with van der Waals surface area (Å²) in [4.78, 5) is 12.2. The Hall–Kier alpha value is -2.37. The van der Waals surface area contributed by atoms with Crippen molar-refractivity contribution in [1.82, 2.24) is 5.16 Å². The maximum Gasteiger partial charge on any atom is 0.277 e. The predicted molar refractivity (Wildman–Crippen MR) is 86.3 cm³/mol. The number of nitrogens with one attached hydrogen (secondary N) is 1. The van der Waals surface area contributed by atoms with Crippen LogP contribution in [0.25, 0.3) is 11.3 Å². The van der Waals surface area contributed by atoms with Crippen molar-refractivity contribution in [2.45, 2.75) is 0 Å². The van der Waals surface area contributed by atoms with Gasteiger partial charge in [0, 0.05) is 11.6 Å². The number of nitrogens with zero attached hydrogens (tertiary/aromatic N) is 1. The van der Waals surface area contributed by atoms with Gasteiger partial charge in [-0.3, -0.25) is 4.79 Å². The minimum Gasteiger partial charge on any atom is -0.355 e. The Labute approximate surface area is 140 Å². The lowest BCUT2D eigenvalue weighted by atomic mass is 10.1. The maximum absolute atomic E-state index is 12.9. The van der Waals surface area contributed by atoms with Crippen molar-refractivity contribution in [3.05, 3.63) is 70.1 Å². The van der Waals surface area contributed by atoms with E-state index >= 15 is 0 Å². The minimum absolute atomic E-state index is 0.0558. The monoisotopic (exact) mass is 350 g/mol. The summed E-state index contributed by atoms with van der Waals surface area (Å²) in [7, 11) is 0. The van der Waals surface area contributed by atoms with E-state index in [1.807, 2.05) is 0 Å². The van der Waals surface area contributed by atoms with Crippen molar-refractivity contribution >= 4 is 34.8 Å². The minimum atomic E-state index is -0.517. The average molecular weight is 351 g/mol. The second-order valence-electron chi connectivity index (χ2n) is 4.63. The van der Waals surface area contributed by atoms with E-state index in [4.69, 9.17) is 27.7 Å². The molecule has 1 aromatic heterocycles. The molecule has 0 unspecified atom stereocenters. The molecule has 0 aliphatic rings. The highest BCUT2D eigenvalue weighted by molar-refractivity contribution is 6.40. The quantitative estimate of drug-likeness (QED) is 0.719. The van der Waals surface area contributed by atoms with Gasteiger partial charge in [-0.15, -0.1) is 0 Å². The van der Waals surface area contributed by atoms with Gasteiger partial charge in [0.25, 0.3) is 5.91 Å². The molecule has 4 nitrogen and oxygen atoms in total. The van der Waals surface area contributed by atoms with Crippen LogP contribution in [0.4, 0.5) is 10.1 Å². The first-order chi connectivity index (χ1) is 11.0. The number of carbonyl (C=O) groups is 1. The Bertz CT molecular complexity index is 843. The number of anilines is 1. The van der Waals surface area contributed by atoms with Gasteiger partial charge in [-0.05, 0) is 36.4 Å². The Kier molecular flexibility index (Phi) is 4.32. The fourth-order valence-electron chi connectivity index (χ4n) is 1.93. The van der Waals surface area contributed by atoms with Crippen molar-refractivity contribution < 1.29 is 13.7 Å². The molecule has 0 saturated carbocycles. The molecule has 0 aliphatic heterocycles. The molecule has 1 N–H and O–H groups in total. The van der Waals surface area contributed by atoms with Gasteiger partial charge in [0.05, 0.1) is 15.7 Å². The van der Waals surface area contributed by atoms with Crippen LogP contribution in [0.2, 0.25) is 10.0 Å². The van der Waals surface area contributed by atoms with Crippen molar-refractivity contribution in [2.24, 2.45) is 0 Å². The fourth-order valence-corrected chi connectivity index (χ4v) is 2.42. The molecule has 7 heteroatoms. The molecule has 3 aromatic rings. The van der Waals surface area contributed by atoms with E-state index in [1.165, 1.54) is 30.3 Å². The molecule has 1 amide bonds. The van der Waals surface area contributed by atoms with Crippen LogP contribution in [0.15, 0.2) is 53.1 Å². The molecule has 23 heavy (non-hydrogen) atoms. The number of aromatic nitrogens is 1. The summed E-state index contributed by atoms with van der Waals surface area (Å²) >= 11 is 12.0. The molecule has 0 fully saturated rings. The number of amides is 1. The number of rotatable bonds is 3. The summed E-state index contributed by atoms with van der Waals surface area (Å²) in [6.45, 7) is 0. The van der Waals surface area contributed by atoms with Gasteiger partial charge in [0.2, 0.25) is 0 Å². The highest BCUT2D eigenvalue weighted by Crippen LogP contribution is 2.30. The second-order valence-corrected chi connectivity index (χ2v) is 5.45. The largest absolute Gasteiger partial charge is 0.355 e. The average Bonchev–Trinajstić information content (AvgIpc) is 3.02. The van der Waals surface area contributed by atoms with Gasteiger partial charge in [-0.1, -0.05) is 34.4 Å². The zero-order valence-electron chi connectivity index (χ0n) is 11.5. The number of halogens is 3. The topological polar surface area (TPSA) is 55.1 Å². The fraction of sp³-hybridized carbons (Fsp3) is 0. The predicted octanol–water partition coefficient (Wildman–Crippen LogP) is 5.04. The maximum atomic E-state index is 12.9. The highest BCUT2D eigenvalue weighted by Gasteiger charge is 2.16. The molecule has 0 bridgehead atoms. The third-order valence-corrected chi connectivity index (χ3v) is 3.70. The molecule has 2 aromatic carbocycles. The second kappa shape index (κ2) is 6.40. The summed E-state index contributed by atoms with van der Waals surface area (Å²) in [6, 6.07) is 12.0. The summed E-state index contributed by atoms with van der Waals surface area (Å²) < 4.78 is 18.0. The van der Waals surface area contributed by atoms with Crippen LogP contribution in [0, 0.1) is 5.82 Å². The number of hydrogen-bond donors (Lipinski definition) is 1. The first kappa shape index (κ1) is 15.5. The van der Waals surface area contributed by atoms with Gasteiger partial charge < -0.3 is 9.84 Å². The molecule has 0 aliphatic carbocycles. The van der Waals surface area contributed by atoms with Crippen molar-refractivity contribution in [1.29, 1.82) is 0 Å². The standard InChI is InChI=1S/C16H9Cl2FN2O2/c17-11-2-1-3-12(18)15(11)20-16(22)13-8-14(23-21-13)9-4-6-10(19)7-5-9/h1-8H,(H,20,22). The van der Waals surface area contributed by atoms with Crippen LogP contribution in [-0.2, 0) is 0 Å². The van der Waals surface area contributed by atoms with E-state index in [-0.39, 0.29) is 11.5 Å². The molecule has 1 heterocycles. The SMILES string of the molecule is O=C(Nc1c(Cl)cccc1Cl)c1cc(-c2ccc(F)cc2)on1. The molecule has 0 spiro atoms. The van der Waals surface area contributed by atoms with Gasteiger partial charge in [0.1, 0.15) is 5.82 Å². The van der Waals surface area contributed by atoms with Crippen LogP contribution in [0.1, 0.15) is 10.5 Å². The van der Waals surface area contributed by atoms with Crippen LogP contribution in [0.5, 0.6) is 0 Å². The van der Waals surface area contributed by atoms with E-state index in [1.54, 1.807) is 18.2 Å². The van der Waals surface area contributed by atoms with Gasteiger partial charge in [-0.2, -0.15) is 0 Å². The molecule has 3 rings (SSSR count). The highest BCUT2D eigenvalue weighted by atomic mass is 35.5. The summed E-state index contributed by atoms with van der Waals surface area (Å²) in [5.74, 6) is -0.530. The van der Waals surface area contributed by atoms with Gasteiger partial charge >= 0.3 is 0 Å². The Morgan fingerprint density at radius 1 is 1.09 bits per heavy atom. The third-order valence-electron chi connectivity index (χ3n) is 3.07. The van der Waals surface area contributed by atoms with Gasteiger partial charge in [0.15, 0.2) is 11.5 Å². The van der Waals surface area contributed by atoms with Crippen LogP contribution >= 0.6 is 23.2 Å². The number of carbonyl (C=O) groups excluding carboxylic acids is 1. The lowest BCUT2D eigenvalue weighted by Crippen LogP contribution is -2.12. The molecular weight excluding hydrogens is 342 g/mol. The van der Waals surface area contributed by atoms with Crippen molar-refractivity contribution in [3.8, 4) is 11.3 Å². The van der Waals surface area contributed by atoms with E-state index < -0.39 is 5.91 Å². The van der Waals surface area contributed by atoms with Crippen molar-refractivity contribution in [2.75, 3.05) is 5.32 Å². The third kappa shape index (κ3) is 3.36. The summed E-state index contributed by atoms with van der Waals surface area (Å²) in [5.41, 5.74) is 0.959. The number of benzene rings is 2. The van der Waals surface area contributed by atoms with E-state index in [9.17, 15) is 9.18 Å². The molecule has 0 radical (unpaired) electrons.